The second kappa shape index (κ2) is 20.3. The number of nitrogens with zero attached hydrogens (tertiary/aromatic N) is 1. The molecule has 0 saturated heterocycles. The van der Waals surface area contributed by atoms with Gasteiger partial charge in [-0.15, -0.1) is 12.4 Å². The van der Waals surface area contributed by atoms with Crippen molar-refractivity contribution in [1.29, 1.82) is 0 Å². The summed E-state index contributed by atoms with van der Waals surface area (Å²) in [5, 5.41) is 6.62. The van der Waals surface area contributed by atoms with Crippen molar-refractivity contribution in [1.82, 2.24) is 15.5 Å². The van der Waals surface area contributed by atoms with Crippen LogP contribution in [0, 0.1) is 5.82 Å². The summed E-state index contributed by atoms with van der Waals surface area (Å²) in [5.41, 5.74) is 4.60. The first kappa shape index (κ1) is 42.3. The number of aryl methyl sites for hydroxylation is 1. The minimum absolute atomic E-state index is 0. The lowest BCUT2D eigenvalue weighted by Gasteiger charge is -2.49. The molecule has 2 amide bonds. The lowest BCUT2D eigenvalue weighted by molar-refractivity contribution is -0.125. The summed E-state index contributed by atoms with van der Waals surface area (Å²) in [4.78, 5) is 28.5. The molecule has 1 atom stereocenters. The number of carbonyl (C=O) groups excluding carboxylic acids is 2. The van der Waals surface area contributed by atoms with Crippen LogP contribution in [0.25, 0.3) is 0 Å². The van der Waals surface area contributed by atoms with Gasteiger partial charge < -0.3 is 20.1 Å². The maximum absolute atomic E-state index is 13.3. The van der Waals surface area contributed by atoms with Gasteiger partial charge in [-0.05, 0) is 103 Å². The van der Waals surface area contributed by atoms with Gasteiger partial charge >= 0.3 is 0 Å². The molecule has 2 N–H and O–H groups in total. The summed E-state index contributed by atoms with van der Waals surface area (Å²) in [7, 11) is 3.32. The predicted molar refractivity (Wildman–Crippen MR) is 217 cm³/mol. The third-order valence-corrected chi connectivity index (χ3v) is 10.9. The van der Waals surface area contributed by atoms with Crippen molar-refractivity contribution >= 4 is 24.2 Å². The molecule has 1 aliphatic rings. The second-order valence-corrected chi connectivity index (χ2v) is 14.2. The Bertz CT molecular complexity index is 1730. The zero-order chi connectivity index (χ0) is 37.7. The van der Waals surface area contributed by atoms with E-state index in [9.17, 15) is 14.0 Å². The number of ether oxygens (including phenoxy) is 2. The van der Waals surface area contributed by atoms with Gasteiger partial charge in [-0.3, -0.25) is 14.5 Å². The topological polar surface area (TPSA) is 79.9 Å². The highest BCUT2D eigenvalue weighted by atomic mass is 35.5. The van der Waals surface area contributed by atoms with Gasteiger partial charge in [0.05, 0.1) is 14.2 Å². The molecule has 1 aliphatic heterocycles. The molecule has 0 bridgehead atoms. The number of hydrogen-bond acceptors (Lipinski definition) is 5. The Morgan fingerprint density at radius 2 is 1.46 bits per heavy atom. The molecular formula is C45H57ClFN3O4. The van der Waals surface area contributed by atoms with Crippen molar-refractivity contribution in [2.45, 2.75) is 89.1 Å². The van der Waals surface area contributed by atoms with E-state index < -0.39 is 5.66 Å². The third kappa shape index (κ3) is 10.2. The summed E-state index contributed by atoms with van der Waals surface area (Å²) in [5.74, 6) is 0.996. The van der Waals surface area contributed by atoms with Crippen LogP contribution in [-0.2, 0) is 33.5 Å². The summed E-state index contributed by atoms with van der Waals surface area (Å²) in [6.45, 7) is 6.06. The van der Waals surface area contributed by atoms with Crippen molar-refractivity contribution in [2.24, 2.45) is 0 Å². The van der Waals surface area contributed by atoms with Crippen molar-refractivity contribution in [3.63, 3.8) is 0 Å². The number of amides is 2. The number of rotatable bonds is 19. The number of halogens is 2. The van der Waals surface area contributed by atoms with Gasteiger partial charge in [-0.2, -0.15) is 0 Å². The molecule has 1 unspecified atom stereocenters. The van der Waals surface area contributed by atoms with Gasteiger partial charge in [0.1, 0.15) is 11.5 Å². The van der Waals surface area contributed by atoms with Gasteiger partial charge in [-0.25, -0.2) is 4.39 Å². The normalized spacial score (nSPS) is 15.4. The second-order valence-electron chi connectivity index (χ2n) is 14.2. The smallest absolute Gasteiger partial charge is 0.220 e. The Morgan fingerprint density at radius 1 is 0.852 bits per heavy atom. The molecular weight excluding hydrogens is 701 g/mol. The van der Waals surface area contributed by atoms with Gasteiger partial charge in [0.25, 0.3) is 0 Å². The molecule has 4 aromatic carbocycles. The fraction of sp³-hybridized carbons (Fsp3) is 0.422. The van der Waals surface area contributed by atoms with Crippen LogP contribution < -0.4 is 20.1 Å². The molecule has 5 rings (SSSR count). The molecule has 0 aromatic heterocycles. The standard InChI is InChI=1S/C45H56FN3O4.ClH/c1-5-6-30-49-31-25-36-32-41(52-3)42(53-4)33-40(36)45(49,48-34(2)50)28-13-26-44(37-15-9-7-10-16-37,38-17-11-8-12-18-38)27-14-29-47-43(51)24-21-35-19-22-39(46)23-20-35;/h7-12,15-20,22-23,32-33H,5-6,13-14,21,24-31H2,1-4H3,(H,47,51)(H,48,50);1H. The maximum atomic E-state index is 13.3. The van der Waals surface area contributed by atoms with E-state index in [4.69, 9.17) is 9.47 Å². The first-order valence-electron chi connectivity index (χ1n) is 19.2. The number of carbonyl (C=O) groups is 2. The molecule has 290 valence electrons. The Morgan fingerprint density at radius 3 is 2.06 bits per heavy atom. The highest BCUT2D eigenvalue weighted by molar-refractivity contribution is 5.85. The van der Waals surface area contributed by atoms with E-state index in [1.54, 1.807) is 33.3 Å². The van der Waals surface area contributed by atoms with E-state index in [2.05, 4.69) is 95.3 Å². The average Bonchev–Trinajstić information content (AvgIpc) is 3.18. The van der Waals surface area contributed by atoms with Gasteiger partial charge in [0, 0.05) is 38.4 Å². The van der Waals surface area contributed by atoms with Crippen molar-refractivity contribution in [2.75, 3.05) is 33.9 Å². The van der Waals surface area contributed by atoms with Crippen LogP contribution in [0.3, 0.4) is 0 Å². The molecule has 0 radical (unpaired) electrons. The molecule has 1 heterocycles. The first-order chi connectivity index (χ1) is 25.7. The predicted octanol–water partition coefficient (Wildman–Crippen LogP) is 8.90. The fourth-order valence-electron chi connectivity index (χ4n) is 8.22. The fourth-order valence-corrected chi connectivity index (χ4v) is 8.22. The average molecular weight is 758 g/mol. The number of unbranched alkanes of at least 4 members (excludes halogenated alkanes) is 1. The minimum Gasteiger partial charge on any atom is -0.493 e. The van der Waals surface area contributed by atoms with E-state index in [1.165, 1.54) is 23.3 Å². The van der Waals surface area contributed by atoms with Crippen LogP contribution in [-0.4, -0.2) is 50.6 Å². The zero-order valence-electron chi connectivity index (χ0n) is 32.3. The number of nitrogens with one attached hydrogen (secondary N) is 2. The molecule has 0 saturated carbocycles. The van der Waals surface area contributed by atoms with Crippen LogP contribution >= 0.6 is 12.4 Å². The molecule has 0 fully saturated rings. The van der Waals surface area contributed by atoms with Gasteiger partial charge in [-0.1, -0.05) is 86.1 Å². The summed E-state index contributed by atoms with van der Waals surface area (Å²) < 4.78 is 24.8. The van der Waals surface area contributed by atoms with Crippen LogP contribution in [0.1, 0.15) is 93.0 Å². The maximum Gasteiger partial charge on any atom is 0.220 e. The van der Waals surface area contributed by atoms with Crippen molar-refractivity contribution in [3.8, 4) is 11.5 Å². The monoisotopic (exact) mass is 757 g/mol. The molecule has 0 spiro atoms. The van der Waals surface area contributed by atoms with Crippen LogP contribution in [0.5, 0.6) is 11.5 Å². The largest absolute Gasteiger partial charge is 0.493 e. The Kier molecular flexibility index (Phi) is 15.9. The first-order valence-corrected chi connectivity index (χ1v) is 19.2. The number of methoxy groups -OCH3 is 2. The molecule has 4 aromatic rings. The number of benzene rings is 4. The number of hydrogen-bond donors (Lipinski definition) is 2. The quantitative estimate of drug-likeness (QED) is 0.0935. The van der Waals surface area contributed by atoms with E-state index in [-0.39, 0.29) is 35.5 Å². The van der Waals surface area contributed by atoms with Crippen molar-refractivity contribution in [3.05, 3.63) is 131 Å². The zero-order valence-corrected chi connectivity index (χ0v) is 33.1. The molecule has 0 aliphatic carbocycles. The Balaban J connectivity index is 0.00000650. The lowest BCUT2D eigenvalue weighted by Crippen LogP contribution is -2.60. The summed E-state index contributed by atoms with van der Waals surface area (Å²) in [6.07, 6.45) is 7.84. The highest BCUT2D eigenvalue weighted by Crippen LogP contribution is 2.46. The minimum atomic E-state index is -0.717. The van der Waals surface area contributed by atoms with Crippen LogP contribution in [0.2, 0.25) is 0 Å². The van der Waals surface area contributed by atoms with E-state index in [0.717, 1.165) is 74.7 Å². The third-order valence-electron chi connectivity index (χ3n) is 10.9. The van der Waals surface area contributed by atoms with Gasteiger partial charge in [0.15, 0.2) is 11.5 Å². The number of fused-ring (bicyclic) bond motifs is 1. The van der Waals surface area contributed by atoms with Crippen LogP contribution in [0.15, 0.2) is 97.1 Å². The molecule has 9 heteroatoms. The lowest BCUT2D eigenvalue weighted by atomic mass is 9.67. The summed E-state index contributed by atoms with van der Waals surface area (Å²) in [6, 6.07) is 31.9. The molecule has 7 nitrogen and oxygen atoms in total. The Hall–Kier alpha value is -4.40. The Labute approximate surface area is 327 Å². The van der Waals surface area contributed by atoms with E-state index in [0.29, 0.717) is 37.3 Å². The highest BCUT2D eigenvalue weighted by Gasteiger charge is 2.44. The SMILES string of the molecule is CCCCN1CCc2cc(OC)c(OC)cc2C1(CCCC(CCCNC(=O)CCc1ccc(F)cc1)(c1ccccc1)c1ccccc1)NC(C)=O.Cl. The van der Waals surface area contributed by atoms with E-state index in [1.807, 2.05) is 0 Å². The van der Waals surface area contributed by atoms with Crippen LogP contribution in [0.4, 0.5) is 4.39 Å². The van der Waals surface area contributed by atoms with Crippen molar-refractivity contribution < 1.29 is 23.5 Å². The van der Waals surface area contributed by atoms with E-state index >= 15 is 0 Å². The van der Waals surface area contributed by atoms with Gasteiger partial charge in [0.2, 0.25) is 11.8 Å². The summed E-state index contributed by atoms with van der Waals surface area (Å²) >= 11 is 0. The molecule has 54 heavy (non-hydrogen) atoms.